The topological polar surface area (TPSA) is 41.6 Å². The molecule has 4 nitrogen and oxygen atoms in total. The highest BCUT2D eigenvalue weighted by Gasteiger charge is 2.23. The van der Waals surface area contributed by atoms with E-state index in [1.54, 1.807) is 0 Å². The van der Waals surface area contributed by atoms with E-state index in [1.807, 2.05) is 42.5 Å². The molecular weight excluding hydrogens is 336 g/mol. The SMILES string of the molecule is O=C(Cc1ccc(Cl)cc1)NC[C@H](c1ccccc1)N1CCOCC1. The third-order valence-electron chi connectivity index (χ3n) is 4.44. The molecule has 0 aliphatic carbocycles. The third kappa shape index (κ3) is 5.30. The fraction of sp³-hybridized carbons (Fsp3) is 0.350. The van der Waals surface area contributed by atoms with Gasteiger partial charge in [0, 0.05) is 24.7 Å². The van der Waals surface area contributed by atoms with Gasteiger partial charge in [0.05, 0.1) is 25.7 Å². The Bertz CT molecular complexity index is 670. The van der Waals surface area contributed by atoms with Crippen LogP contribution < -0.4 is 5.32 Å². The molecule has 5 heteroatoms. The van der Waals surface area contributed by atoms with E-state index in [0.29, 0.717) is 18.0 Å². The summed E-state index contributed by atoms with van der Waals surface area (Å²) < 4.78 is 5.46. The summed E-state index contributed by atoms with van der Waals surface area (Å²) in [6.07, 6.45) is 0.363. The molecule has 2 aromatic carbocycles. The summed E-state index contributed by atoms with van der Waals surface area (Å²) in [6.45, 7) is 3.83. The number of nitrogens with one attached hydrogen (secondary N) is 1. The second kappa shape index (κ2) is 8.99. The molecule has 1 fully saturated rings. The lowest BCUT2D eigenvalue weighted by atomic mass is 10.0. The minimum absolute atomic E-state index is 0.0245. The van der Waals surface area contributed by atoms with Crippen LogP contribution in [0.1, 0.15) is 17.2 Å². The van der Waals surface area contributed by atoms with Crippen molar-refractivity contribution in [3.63, 3.8) is 0 Å². The van der Waals surface area contributed by atoms with E-state index in [4.69, 9.17) is 16.3 Å². The molecule has 0 saturated carbocycles. The molecule has 1 N–H and O–H groups in total. The predicted molar refractivity (Wildman–Crippen MR) is 99.7 cm³/mol. The zero-order valence-electron chi connectivity index (χ0n) is 14.2. The second-order valence-electron chi connectivity index (χ2n) is 6.18. The van der Waals surface area contributed by atoms with Crippen LogP contribution in [0.4, 0.5) is 0 Å². The summed E-state index contributed by atoms with van der Waals surface area (Å²) in [5.74, 6) is 0.0245. The van der Waals surface area contributed by atoms with Gasteiger partial charge in [-0.05, 0) is 23.3 Å². The van der Waals surface area contributed by atoms with Crippen molar-refractivity contribution in [1.29, 1.82) is 0 Å². The van der Waals surface area contributed by atoms with Gasteiger partial charge in [-0.1, -0.05) is 54.1 Å². The molecule has 3 rings (SSSR count). The van der Waals surface area contributed by atoms with Crippen molar-refractivity contribution in [2.24, 2.45) is 0 Å². The van der Waals surface area contributed by atoms with E-state index in [0.717, 1.165) is 31.9 Å². The van der Waals surface area contributed by atoms with Gasteiger partial charge in [0.1, 0.15) is 0 Å². The van der Waals surface area contributed by atoms with Crippen molar-refractivity contribution in [2.45, 2.75) is 12.5 Å². The first-order valence-electron chi connectivity index (χ1n) is 8.60. The highest BCUT2D eigenvalue weighted by Crippen LogP contribution is 2.21. The van der Waals surface area contributed by atoms with E-state index >= 15 is 0 Å². The average molecular weight is 359 g/mol. The maximum atomic E-state index is 12.3. The number of carbonyl (C=O) groups excluding carboxylic acids is 1. The second-order valence-corrected chi connectivity index (χ2v) is 6.62. The first kappa shape index (κ1) is 17.9. The molecule has 0 spiro atoms. The monoisotopic (exact) mass is 358 g/mol. The summed E-state index contributed by atoms with van der Waals surface area (Å²) in [6, 6.07) is 17.9. The molecule has 2 aromatic rings. The van der Waals surface area contributed by atoms with Crippen molar-refractivity contribution < 1.29 is 9.53 Å². The van der Waals surface area contributed by atoms with Gasteiger partial charge < -0.3 is 10.1 Å². The van der Waals surface area contributed by atoms with E-state index < -0.39 is 0 Å². The van der Waals surface area contributed by atoms with Crippen molar-refractivity contribution in [1.82, 2.24) is 10.2 Å². The Morgan fingerprint density at radius 1 is 1.08 bits per heavy atom. The molecule has 1 amide bonds. The zero-order chi connectivity index (χ0) is 17.5. The normalized spacial score (nSPS) is 16.4. The van der Waals surface area contributed by atoms with Gasteiger partial charge in [0.2, 0.25) is 5.91 Å². The molecule has 1 atom stereocenters. The molecule has 1 heterocycles. The first-order chi connectivity index (χ1) is 12.2. The minimum Gasteiger partial charge on any atom is -0.379 e. The van der Waals surface area contributed by atoms with Gasteiger partial charge in [-0.25, -0.2) is 0 Å². The van der Waals surface area contributed by atoms with Crippen LogP contribution >= 0.6 is 11.6 Å². The number of morpholine rings is 1. The summed E-state index contributed by atoms with van der Waals surface area (Å²) in [4.78, 5) is 14.7. The Kier molecular flexibility index (Phi) is 6.45. The number of halogens is 1. The van der Waals surface area contributed by atoms with Gasteiger partial charge in [-0.15, -0.1) is 0 Å². The van der Waals surface area contributed by atoms with Crippen LogP contribution in [0.25, 0.3) is 0 Å². The van der Waals surface area contributed by atoms with Gasteiger partial charge in [-0.3, -0.25) is 9.69 Å². The molecule has 132 valence electrons. The lowest BCUT2D eigenvalue weighted by Gasteiger charge is -2.35. The summed E-state index contributed by atoms with van der Waals surface area (Å²) in [5, 5.41) is 3.77. The average Bonchev–Trinajstić information content (AvgIpc) is 2.66. The first-order valence-corrected chi connectivity index (χ1v) is 8.98. The van der Waals surface area contributed by atoms with Crippen LogP contribution in [0.3, 0.4) is 0 Å². The Morgan fingerprint density at radius 2 is 1.76 bits per heavy atom. The fourth-order valence-electron chi connectivity index (χ4n) is 3.08. The minimum atomic E-state index is 0.0245. The van der Waals surface area contributed by atoms with Gasteiger partial charge in [0.15, 0.2) is 0 Å². The molecular formula is C20H23ClN2O2. The largest absolute Gasteiger partial charge is 0.379 e. The molecule has 1 aliphatic heterocycles. The number of hydrogen-bond donors (Lipinski definition) is 1. The van der Waals surface area contributed by atoms with Crippen molar-refractivity contribution in [3.8, 4) is 0 Å². The van der Waals surface area contributed by atoms with E-state index in [1.165, 1.54) is 5.56 Å². The summed E-state index contributed by atoms with van der Waals surface area (Å²) in [7, 11) is 0. The predicted octanol–water partition coefficient (Wildman–Crippen LogP) is 3.07. The summed E-state index contributed by atoms with van der Waals surface area (Å²) in [5.41, 5.74) is 2.18. The van der Waals surface area contributed by atoms with Crippen LogP contribution in [0.5, 0.6) is 0 Å². The number of benzene rings is 2. The maximum Gasteiger partial charge on any atom is 0.224 e. The highest BCUT2D eigenvalue weighted by atomic mass is 35.5. The van der Waals surface area contributed by atoms with Crippen molar-refractivity contribution in [2.75, 3.05) is 32.8 Å². The fourth-order valence-corrected chi connectivity index (χ4v) is 3.21. The van der Waals surface area contributed by atoms with E-state index in [-0.39, 0.29) is 11.9 Å². The number of hydrogen-bond acceptors (Lipinski definition) is 3. The molecule has 1 aliphatic rings. The number of nitrogens with zero attached hydrogens (tertiary/aromatic N) is 1. The number of carbonyl (C=O) groups is 1. The van der Waals surface area contributed by atoms with E-state index in [2.05, 4.69) is 22.3 Å². The lowest BCUT2D eigenvalue weighted by molar-refractivity contribution is -0.120. The molecule has 0 radical (unpaired) electrons. The maximum absolute atomic E-state index is 12.3. The number of amides is 1. The standard InChI is InChI=1S/C20H23ClN2O2/c21-18-8-6-16(7-9-18)14-20(24)22-15-19(17-4-2-1-3-5-17)23-10-12-25-13-11-23/h1-9,19H,10-15H2,(H,22,24)/t19-/m1/s1. The van der Waals surface area contributed by atoms with Crippen molar-refractivity contribution >= 4 is 17.5 Å². The van der Waals surface area contributed by atoms with Crippen LogP contribution in [0, 0.1) is 0 Å². The molecule has 0 aromatic heterocycles. The zero-order valence-corrected chi connectivity index (χ0v) is 14.9. The van der Waals surface area contributed by atoms with Crippen LogP contribution in [-0.2, 0) is 16.0 Å². The van der Waals surface area contributed by atoms with E-state index in [9.17, 15) is 4.79 Å². The Balaban J connectivity index is 1.61. The smallest absolute Gasteiger partial charge is 0.224 e. The lowest BCUT2D eigenvalue weighted by Crippen LogP contribution is -2.44. The molecule has 0 bridgehead atoms. The molecule has 0 unspecified atom stereocenters. The Labute approximate surface area is 153 Å². The Morgan fingerprint density at radius 3 is 2.44 bits per heavy atom. The van der Waals surface area contributed by atoms with Crippen LogP contribution in [0.15, 0.2) is 54.6 Å². The number of ether oxygens (including phenoxy) is 1. The van der Waals surface area contributed by atoms with Gasteiger partial charge >= 0.3 is 0 Å². The Hall–Kier alpha value is -1.88. The number of rotatable bonds is 6. The highest BCUT2D eigenvalue weighted by molar-refractivity contribution is 6.30. The van der Waals surface area contributed by atoms with Crippen molar-refractivity contribution in [3.05, 3.63) is 70.7 Å². The van der Waals surface area contributed by atoms with Crippen LogP contribution in [0.2, 0.25) is 5.02 Å². The van der Waals surface area contributed by atoms with Gasteiger partial charge in [-0.2, -0.15) is 0 Å². The molecule has 1 saturated heterocycles. The van der Waals surface area contributed by atoms with Crippen LogP contribution in [-0.4, -0.2) is 43.7 Å². The summed E-state index contributed by atoms with van der Waals surface area (Å²) >= 11 is 5.89. The third-order valence-corrected chi connectivity index (χ3v) is 4.69. The quantitative estimate of drug-likeness (QED) is 0.862. The van der Waals surface area contributed by atoms with Gasteiger partial charge in [0.25, 0.3) is 0 Å². The molecule has 25 heavy (non-hydrogen) atoms.